The molecule has 0 saturated heterocycles. The lowest BCUT2D eigenvalue weighted by molar-refractivity contribution is 0.302. The van der Waals surface area contributed by atoms with Crippen LogP contribution in [0.1, 0.15) is 5.56 Å². The van der Waals surface area contributed by atoms with Crippen LogP contribution >= 0.6 is 0 Å². The first-order valence-corrected chi connectivity index (χ1v) is 15.5. The van der Waals surface area contributed by atoms with E-state index in [-0.39, 0.29) is 0 Å². The largest absolute Gasteiger partial charge is 0.488 e. The zero-order chi connectivity index (χ0) is 29.7. The molecule has 2 nitrogen and oxygen atoms in total. The van der Waals surface area contributed by atoms with Gasteiger partial charge in [0.1, 0.15) is 12.4 Å². The Labute approximate surface area is 262 Å². The molecule has 0 aliphatic carbocycles. The minimum absolute atomic E-state index is 0.598. The summed E-state index contributed by atoms with van der Waals surface area (Å²) >= 11 is 0. The lowest BCUT2D eigenvalue weighted by Gasteiger charge is -2.24. The first-order chi connectivity index (χ1) is 22.3. The van der Waals surface area contributed by atoms with Crippen LogP contribution in [0.3, 0.4) is 0 Å². The highest BCUT2D eigenvalue weighted by Crippen LogP contribution is 2.44. The molecule has 7 aromatic carbocycles. The predicted octanol–water partition coefficient (Wildman–Crippen LogP) is 11.3. The van der Waals surface area contributed by atoms with E-state index in [9.17, 15) is 0 Å². The SMILES string of the molecule is c1ccc(-c2cccc(-c3ccc(-c4ccc5c(c4)c4ccccc4n5-c4cccc5c4-c4ccccc4CO5)cc3)c2)cc1. The second-order valence-corrected chi connectivity index (χ2v) is 11.7. The van der Waals surface area contributed by atoms with Crippen molar-refractivity contribution in [3.05, 3.63) is 169 Å². The average molecular weight is 576 g/mol. The van der Waals surface area contributed by atoms with Crippen molar-refractivity contribution in [3.8, 4) is 55.9 Å². The van der Waals surface area contributed by atoms with E-state index in [2.05, 4.69) is 168 Å². The molecule has 0 radical (unpaired) electrons. The summed E-state index contributed by atoms with van der Waals surface area (Å²) in [5.74, 6) is 0.933. The van der Waals surface area contributed by atoms with E-state index >= 15 is 0 Å². The summed E-state index contributed by atoms with van der Waals surface area (Å²) in [5, 5.41) is 2.48. The molecule has 8 aromatic rings. The Balaban J connectivity index is 1.15. The van der Waals surface area contributed by atoms with Gasteiger partial charge in [0.25, 0.3) is 0 Å². The van der Waals surface area contributed by atoms with E-state index in [0.29, 0.717) is 6.61 Å². The quantitative estimate of drug-likeness (QED) is 0.204. The van der Waals surface area contributed by atoms with Crippen LogP contribution in [0.2, 0.25) is 0 Å². The number of hydrogen-bond donors (Lipinski definition) is 0. The van der Waals surface area contributed by atoms with Crippen molar-refractivity contribution < 1.29 is 4.74 Å². The van der Waals surface area contributed by atoms with E-state index in [1.807, 2.05) is 0 Å². The Morgan fingerprint density at radius 1 is 0.422 bits per heavy atom. The minimum Gasteiger partial charge on any atom is -0.488 e. The molecule has 2 heterocycles. The molecular formula is C43H29NO. The fourth-order valence-electron chi connectivity index (χ4n) is 6.92. The van der Waals surface area contributed by atoms with Gasteiger partial charge in [-0.2, -0.15) is 0 Å². The molecule has 1 aromatic heterocycles. The molecule has 2 heteroatoms. The standard InChI is InChI=1S/C43H29NO/c1-2-10-29(11-3-1)32-13-8-14-33(26-32)30-20-22-31(23-21-30)34-24-25-40-38(27-34)37-16-6-7-17-39(37)44(40)41-18-9-19-42-43(41)36-15-5-4-12-35(36)28-45-42/h1-27H,28H2. The van der Waals surface area contributed by atoms with Crippen LogP contribution in [-0.4, -0.2) is 4.57 Å². The second kappa shape index (κ2) is 10.4. The Hall–Kier alpha value is -5.86. The van der Waals surface area contributed by atoms with E-state index < -0.39 is 0 Å². The third-order valence-corrected chi connectivity index (χ3v) is 9.11. The molecule has 0 spiro atoms. The van der Waals surface area contributed by atoms with Crippen molar-refractivity contribution in [2.24, 2.45) is 0 Å². The molecule has 0 N–H and O–H groups in total. The highest BCUT2D eigenvalue weighted by Gasteiger charge is 2.23. The summed E-state index contributed by atoms with van der Waals surface area (Å²) in [7, 11) is 0. The predicted molar refractivity (Wildman–Crippen MR) is 187 cm³/mol. The van der Waals surface area contributed by atoms with Crippen molar-refractivity contribution in [2.75, 3.05) is 0 Å². The van der Waals surface area contributed by atoms with Crippen LogP contribution in [0.5, 0.6) is 5.75 Å². The van der Waals surface area contributed by atoms with Gasteiger partial charge in [-0.25, -0.2) is 0 Å². The van der Waals surface area contributed by atoms with Crippen LogP contribution in [0.15, 0.2) is 164 Å². The smallest absolute Gasteiger partial charge is 0.129 e. The van der Waals surface area contributed by atoms with Gasteiger partial charge in [-0.3, -0.25) is 0 Å². The zero-order valence-corrected chi connectivity index (χ0v) is 24.7. The monoisotopic (exact) mass is 575 g/mol. The molecule has 0 bridgehead atoms. The Bertz CT molecular complexity index is 2360. The maximum absolute atomic E-state index is 6.25. The van der Waals surface area contributed by atoms with E-state index in [1.54, 1.807) is 0 Å². The van der Waals surface area contributed by atoms with Gasteiger partial charge in [-0.1, -0.05) is 127 Å². The van der Waals surface area contributed by atoms with Gasteiger partial charge in [0, 0.05) is 16.3 Å². The summed E-state index contributed by atoms with van der Waals surface area (Å²) in [6, 6.07) is 58.9. The number of benzene rings is 7. The lowest BCUT2D eigenvalue weighted by atomic mass is 9.95. The van der Waals surface area contributed by atoms with Crippen molar-refractivity contribution in [1.29, 1.82) is 0 Å². The number of aromatic nitrogens is 1. The number of hydrogen-bond acceptors (Lipinski definition) is 1. The van der Waals surface area contributed by atoms with Gasteiger partial charge < -0.3 is 9.30 Å². The molecule has 212 valence electrons. The van der Waals surface area contributed by atoms with E-state index in [4.69, 9.17) is 4.74 Å². The van der Waals surface area contributed by atoms with Crippen molar-refractivity contribution >= 4 is 21.8 Å². The Morgan fingerprint density at radius 3 is 1.84 bits per heavy atom. The molecule has 0 amide bonds. The molecular weight excluding hydrogens is 546 g/mol. The molecule has 0 fully saturated rings. The van der Waals surface area contributed by atoms with Gasteiger partial charge in [0.15, 0.2) is 0 Å². The highest BCUT2D eigenvalue weighted by molar-refractivity contribution is 6.11. The summed E-state index contributed by atoms with van der Waals surface area (Å²) < 4.78 is 8.65. The summed E-state index contributed by atoms with van der Waals surface area (Å²) in [5.41, 5.74) is 14.4. The molecule has 45 heavy (non-hydrogen) atoms. The molecule has 1 aliphatic heterocycles. The number of nitrogens with zero attached hydrogens (tertiary/aromatic N) is 1. The minimum atomic E-state index is 0.598. The second-order valence-electron chi connectivity index (χ2n) is 11.7. The Kier molecular flexibility index (Phi) is 5.92. The topological polar surface area (TPSA) is 14.2 Å². The van der Waals surface area contributed by atoms with Crippen LogP contribution in [0.25, 0.3) is 72.0 Å². The number of para-hydroxylation sites is 1. The van der Waals surface area contributed by atoms with E-state index in [1.165, 1.54) is 66.3 Å². The molecule has 1 aliphatic rings. The van der Waals surface area contributed by atoms with Crippen LogP contribution in [-0.2, 0) is 6.61 Å². The first kappa shape index (κ1) is 25.6. The van der Waals surface area contributed by atoms with Crippen LogP contribution < -0.4 is 4.74 Å². The molecule has 9 rings (SSSR count). The average Bonchev–Trinajstić information content (AvgIpc) is 3.45. The summed E-state index contributed by atoms with van der Waals surface area (Å²) in [6.07, 6.45) is 0. The van der Waals surface area contributed by atoms with Gasteiger partial charge in [0.2, 0.25) is 0 Å². The fraction of sp³-hybridized carbons (Fsp3) is 0.0233. The molecule has 0 unspecified atom stereocenters. The van der Waals surface area contributed by atoms with Gasteiger partial charge in [-0.05, 0) is 80.9 Å². The normalized spacial score (nSPS) is 12.1. The third kappa shape index (κ3) is 4.26. The molecule has 0 saturated carbocycles. The summed E-state index contributed by atoms with van der Waals surface area (Å²) in [4.78, 5) is 0. The lowest BCUT2D eigenvalue weighted by Crippen LogP contribution is -2.08. The third-order valence-electron chi connectivity index (χ3n) is 9.11. The number of ether oxygens (including phenoxy) is 1. The fourth-order valence-corrected chi connectivity index (χ4v) is 6.92. The highest BCUT2D eigenvalue weighted by atomic mass is 16.5. The molecule has 0 atom stereocenters. The van der Waals surface area contributed by atoms with Gasteiger partial charge in [0.05, 0.1) is 16.7 Å². The van der Waals surface area contributed by atoms with Crippen LogP contribution in [0, 0.1) is 0 Å². The van der Waals surface area contributed by atoms with Gasteiger partial charge in [-0.15, -0.1) is 0 Å². The summed E-state index contributed by atoms with van der Waals surface area (Å²) in [6.45, 7) is 0.598. The number of fused-ring (bicyclic) bond motifs is 6. The number of rotatable bonds is 4. The van der Waals surface area contributed by atoms with Crippen molar-refractivity contribution in [1.82, 2.24) is 4.57 Å². The van der Waals surface area contributed by atoms with E-state index in [0.717, 1.165) is 17.0 Å². The van der Waals surface area contributed by atoms with Crippen LogP contribution in [0.4, 0.5) is 0 Å². The zero-order valence-electron chi connectivity index (χ0n) is 24.7. The first-order valence-electron chi connectivity index (χ1n) is 15.5. The maximum atomic E-state index is 6.25. The van der Waals surface area contributed by atoms with Crippen molar-refractivity contribution in [2.45, 2.75) is 6.61 Å². The van der Waals surface area contributed by atoms with Gasteiger partial charge >= 0.3 is 0 Å². The maximum Gasteiger partial charge on any atom is 0.129 e. The van der Waals surface area contributed by atoms with Crippen molar-refractivity contribution in [3.63, 3.8) is 0 Å². The Morgan fingerprint density at radius 2 is 1.02 bits per heavy atom.